The van der Waals surface area contributed by atoms with Crippen molar-refractivity contribution in [1.82, 2.24) is 9.62 Å². The number of sulfonamides is 1. The molecule has 1 aromatic carbocycles. The molecule has 1 atom stereocenters. The van der Waals surface area contributed by atoms with Gasteiger partial charge in [-0.2, -0.15) is 4.31 Å². The molecule has 6 nitrogen and oxygen atoms in total. The van der Waals surface area contributed by atoms with Gasteiger partial charge in [-0.15, -0.1) is 0 Å². The number of amides is 1. The molecule has 0 aliphatic carbocycles. The van der Waals surface area contributed by atoms with Gasteiger partial charge in [0.05, 0.1) is 17.9 Å². The van der Waals surface area contributed by atoms with Crippen LogP contribution < -0.4 is 10.1 Å². The highest BCUT2D eigenvalue weighted by Gasteiger charge is 2.32. The van der Waals surface area contributed by atoms with Crippen LogP contribution in [-0.4, -0.2) is 45.9 Å². The van der Waals surface area contributed by atoms with E-state index in [1.54, 1.807) is 19.2 Å². The molecule has 1 N–H and O–H groups in total. The molecular weight excluding hydrogens is 292 g/mol. The van der Waals surface area contributed by atoms with Crippen LogP contribution in [0.2, 0.25) is 0 Å². The second-order valence-electron chi connectivity index (χ2n) is 4.99. The molecule has 1 heterocycles. The lowest BCUT2D eigenvalue weighted by atomic mass is 9.99. The van der Waals surface area contributed by atoms with Crippen molar-refractivity contribution in [3.05, 3.63) is 24.3 Å². The van der Waals surface area contributed by atoms with E-state index in [0.29, 0.717) is 25.1 Å². The van der Waals surface area contributed by atoms with Gasteiger partial charge in [0.15, 0.2) is 0 Å². The Morgan fingerprint density at radius 2 is 2.00 bits per heavy atom. The molecule has 0 unspecified atom stereocenters. The first-order valence-electron chi connectivity index (χ1n) is 6.85. The first kappa shape index (κ1) is 15.8. The number of rotatable bonds is 4. The summed E-state index contributed by atoms with van der Waals surface area (Å²) in [6, 6.07) is 6.29. The molecule has 0 spiro atoms. The third-order valence-corrected chi connectivity index (χ3v) is 5.58. The Morgan fingerprint density at radius 3 is 2.57 bits per heavy atom. The van der Waals surface area contributed by atoms with Gasteiger partial charge in [0.25, 0.3) is 0 Å². The van der Waals surface area contributed by atoms with E-state index in [4.69, 9.17) is 4.74 Å². The number of piperidine rings is 1. The first-order valence-corrected chi connectivity index (χ1v) is 8.29. The fourth-order valence-electron chi connectivity index (χ4n) is 2.48. The van der Waals surface area contributed by atoms with Crippen molar-refractivity contribution >= 4 is 15.9 Å². The summed E-state index contributed by atoms with van der Waals surface area (Å²) in [7, 11) is -0.465. The van der Waals surface area contributed by atoms with E-state index in [9.17, 15) is 13.2 Å². The molecule has 1 saturated heterocycles. The molecule has 21 heavy (non-hydrogen) atoms. The first-order chi connectivity index (χ1) is 9.98. The van der Waals surface area contributed by atoms with Crippen LogP contribution in [0.3, 0.4) is 0 Å². The van der Waals surface area contributed by atoms with E-state index in [1.165, 1.54) is 23.5 Å². The predicted octanol–water partition coefficient (Wildman–Crippen LogP) is 0.842. The van der Waals surface area contributed by atoms with Crippen LogP contribution in [0.5, 0.6) is 5.75 Å². The van der Waals surface area contributed by atoms with E-state index in [2.05, 4.69) is 5.32 Å². The maximum Gasteiger partial charge on any atom is 0.243 e. The topological polar surface area (TPSA) is 75.7 Å². The van der Waals surface area contributed by atoms with E-state index in [-0.39, 0.29) is 23.3 Å². The fourth-order valence-corrected chi connectivity index (χ4v) is 4.00. The molecule has 0 bridgehead atoms. The van der Waals surface area contributed by atoms with Gasteiger partial charge in [0, 0.05) is 20.1 Å². The fraction of sp³-hybridized carbons (Fsp3) is 0.500. The number of carbonyl (C=O) groups excluding carboxylic acids is 1. The maximum absolute atomic E-state index is 12.6. The number of methoxy groups -OCH3 is 1. The second-order valence-corrected chi connectivity index (χ2v) is 6.93. The van der Waals surface area contributed by atoms with Crippen molar-refractivity contribution in [2.45, 2.75) is 17.7 Å². The Morgan fingerprint density at radius 1 is 1.33 bits per heavy atom. The molecule has 1 fully saturated rings. The number of hydrogen-bond acceptors (Lipinski definition) is 4. The summed E-state index contributed by atoms with van der Waals surface area (Å²) in [5.41, 5.74) is 0. The smallest absolute Gasteiger partial charge is 0.243 e. The van der Waals surface area contributed by atoms with Crippen LogP contribution in [0.4, 0.5) is 0 Å². The van der Waals surface area contributed by atoms with Crippen LogP contribution in [0.1, 0.15) is 12.8 Å². The molecule has 1 aliphatic rings. The minimum atomic E-state index is -3.56. The summed E-state index contributed by atoms with van der Waals surface area (Å²) in [5, 5.41) is 2.58. The van der Waals surface area contributed by atoms with Crippen molar-refractivity contribution in [3.8, 4) is 5.75 Å². The zero-order valence-electron chi connectivity index (χ0n) is 12.2. The molecule has 1 amide bonds. The van der Waals surface area contributed by atoms with Crippen LogP contribution in [-0.2, 0) is 14.8 Å². The maximum atomic E-state index is 12.6. The van der Waals surface area contributed by atoms with Gasteiger partial charge in [-0.25, -0.2) is 8.42 Å². The minimum Gasteiger partial charge on any atom is -0.497 e. The number of benzene rings is 1. The number of hydrogen-bond donors (Lipinski definition) is 1. The van der Waals surface area contributed by atoms with E-state index >= 15 is 0 Å². The molecule has 1 aromatic rings. The number of carbonyl (C=O) groups is 1. The summed E-state index contributed by atoms with van der Waals surface area (Å²) in [6.45, 7) is 0.676. The van der Waals surface area contributed by atoms with Crippen molar-refractivity contribution in [1.29, 1.82) is 0 Å². The largest absolute Gasteiger partial charge is 0.497 e. The molecule has 0 aromatic heterocycles. The summed E-state index contributed by atoms with van der Waals surface area (Å²) in [6.07, 6.45) is 1.40. The Labute approximate surface area is 125 Å². The molecule has 1 aliphatic heterocycles. The lowest BCUT2D eigenvalue weighted by Gasteiger charge is -2.30. The van der Waals surface area contributed by atoms with Gasteiger partial charge < -0.3 is 10.1 Å². The van der Waals surface area contributed by atoms with E-state index < -0.39 is 10.0 Å². The highest BCUT2D eigenvalue weighted by Crippen LogP contribution is 2.25. The van der Waals surface area contributed by atoms with Crippen molar-refractivity contribution in [2.24, 2.45) is 5.92 Å². The molecule has 0 saturated carbocycles. The minimum absolute atomic E-state index is 0.107. The molecule has 116 valence electrons. The quantitative estimate of drug-likeness (QED) is 0.894. The number of nitrogens with zero attached hydrogens (tertiary/aromatic N) is 1. The Kier molecular flexibility index (Phi) is 4.84. The highest BCUT2D eigenvalue weighted by molar-refractivity contribution is 7.89. The highest BCUT2D eigenvalue weighted by atomic mass is 32.2. The Bertz CT molecular complexity index is 598. The summed E-state index contributed by atoms with van der Waals surface area (Å²) in [4.78, 5) is 11.9. The number of ether oxygens (including phenoxy) is 1. The molecule has 0 radical (unpaired) electrons. The average molecular weight is 312 g/mol. The van der Waals surface area contributed by atoms with Crippen LogP contribution in [0.25, 0.3) is 0 Å². The second kappa shape index (κ2) is 6.44. The van der Waals surface area contributed by atoms with Crippen molar-refractivity contribution in [2.75, 3.05) is 27.2 Å². The lowest BCUT2D eigenvalue weighted by Crippen LogP contribution is -2.44. The van der Waals surface area contributed by atoms with Crippen LogP contribution in [0.15, 0.2) is 29.2 Å². The van der Waals surface area contributed by atoms with Gasteiger partial charge in [-0.1, -0.05) is 0 Å². The van der Waals surface area contributed by atoms with Gasteiger partial charge in [-0.3, -0.25) is 4.79 Å². The van der Waals surface area contributed by atoms with Gasteiger partial charge in [-0.05, 0) is 37.1 Å². The molecular formula is C14H20N2O4S. The number of nitrogens with one attached hydrogen (secondary N) is 1. The van der Waals surface area contributed by atoms with Crippen LogP contribution in [0, 0.1) is 5.92 Å². The zero-order valence-corrected chi connectivity index (χ0v) is 13.0. The van der Waals surface area contributed by atoms with Gasteiger partial charge >= 0.3 is 0 Å². The Balaban J connectivity index is 2.19. The predicted molar refractivity (Wildman–Crippen MR) is 78.5 cm³/mol. The SMILES string of the molecule is CNC(=O)[C@H]1CCCN(S(=O)(=O)c2ccc(OC)cc2)C1. The third-order valence-electron chi connectivity index (χ3n) is 3.70. The van der Waals surface area contributed by atoms with Gasteiger partial charge in [0.2, 0.25) is 15.9 Å². The molecule has 2 rings (SSSR count). The summed E-state index contributed by atoms with van der Waals surface area (Å²) in [5.74, 6) is 0.220. The van der Waals surface area contributed by atoms with Gasteiger partial charge in [0.1, 0.15) is 5.75 Å². The lowest BCUT2D eigenvalue weighted by molar-refractivity contribution is -0.125. The monoisotopic (exact) mass is 312 g/mol. The third kappa shape index (κ3) is 3.36. The molecule has 7 heteroatoms. The average Bonchev–Trinajstić information content (AvgIpc) is 2.54. The van der Waals surface area contributed by atoms with E-state index in [1.807, 2.05) is 0 Å². The summed E-state index contributed by atoms with van der Waals surface area (Å²) >= 11 is 0. The normalized spacial score (nSPS) is 20.0. The summed E-state index contributed by atoms with van der Waals surface area (Å²) < 4.78 is 31.6. The van der Waals surface area contributed by atoms with E-state index in [0.717, 1.165) is 0 Å². The standard InChI is InChI=1S/C14H20N2O4S/c1-15-14(17)11-4-3-9-16(10-11)21(18,19)13-7-5-12(20-2)6-8-13/h5-8,11H,3-4,9-10H2,1-2H3,(H,15,17)/t11-/m0/s1. The van der Waals surface area contributed by atoms with Crippen molar-refractivity contribution < 1.29 is 17.9 Å². The van der Waals surface area contributed by atoms with Crippen molar-refractivity contribution in [3.63, 3.8) is 0 Å². The Hall–Kier alpha value is -1.60. The van der Waals surface area contributed by atoms with Crippen LogP contribution >= 0.6 is 0 Å². The zero-order chi connectivity index (χ0) is 15.5.